The number of carbonyl (C=O) groups excluding carboxylic acids is 1. The van der Waals surface area contributed by atoms with Gasteiger partial charge in [-0.15, -0.1) is 0 Å². The topological polar surface area (TPSA) is 56.8 Å². The summed E-state index contributed by atoms with van der Waals surface area (Å²) in [4.78, 5) is 11.7. The number of hydrogen-bond acceptors (Lipinski definition) is 4. The summed E-state index contributed by atoms with van der Waals surface area (Å²) in [6.45, 7) is 0.993. The van der Waals surface area contributed by atoms with Gasteiger partial charge in [-0.05, 0) is 42.8 Å². The van der Waals surface area contributed by atoms with Gasteiger partial charge < -0.3 is 19.5 Å². The van der Waals surface area contributed by atoms with Crippen LogP contribution in [0.4, 0.5) is 4.39 Å². The monoisotopic (exact) mass is 347 g/mol. The molecule has 2 aromatic rings. The highest BCUT2D eigenvalue weighted by Crippen LogP contribution is 2.17. The maximum atomic E-state index is 13.3. The molecule has 0 aliphatic carbocycles. The van der Waals surface area contributed by atoms with Crippen LogP contribution in [0.25, 0.3) is 0 Å². The van der Waals surface area contributed by atoms with Gasteiger partial charge in [0.2, 0.25) is 5.91 Å². The van der Waals surface area contributed by atoms with Crippen molar-refractivity contribution in [2.45, 2.75) is 12.8 Å². The predicted molar refractivity (Wildman–Crippen MR) is 92.6 cm³/mol. The first-order chi connectivity index (χ1) is 12.2. The molecule has 0 spiro atoms. The Morgan fingerprint density at radius 1 is 1.00 bits per heavy atom. The number of nitrogens with one attached hydrogen (secondary N) is 1. The molecule has 5 nitrogen and oxygen atoms in total. The maximum absolute atomic E-state index is 13.3. The van der Waals surface area contributed by atoms with Crippen molar-refractivity contribution >= 4 is 5.91 Å². The molecule has 0 bridgehead atoms. The Balaban J connectivity index is 1.54. The second kappa shape index (κ2) is 10.2. The summed E-state index contributed by atoms with van der Waals surface area (Å²) >= 11 is 0. The fraction of sp³-hybridized carbons (Fsp3) is 0.316. The zero-order valence-electron chi connectivity index (χ0n) is 14.2. The minimum Gasteiger partial charge on any atom is -0.497 e. The standard InChI is InChI=1S/C19H22FNO4/c1-23-15-8-10-16(11-9-15)24-13-4-7-19(22)21-12-14-25-18-6-3-2-5-17(18)20/h2-3,5-6,8-11H,4,7,12-14H2,1H3,(H,21,22). The van der Waals surface area contributed by atoms with Crippen molar-refractivity contribution in [1.29, 1.82) is 0 Å². The van der Waals surface area contributed by atoms with Crippen LogP contribution < -0.4 is 19.5 Å². The molecule has 0 saturated heterocycles. The number of methoxy groups -OCH3 is 1. The molecule has 0 aromatic heterocycles. The highest BCUT2D eigenvalue weighted by atomic mass is 19.1. The number of ether oxygens (including phenoxy) is 3. The largest absolute Gasteiger partial charge is 0.497 e. The molecule has 2 aromatic carbocycles. The minimum absolute atomic E-state index is 0.0875. The van der Waals surface area contributed by atoms with E-state index in [9.17, 15) is 9.18 Å². The maximum Gasteiger partial charge on any atom is 0.220 e. The molecule has 1 N–H and O–H groups in total. The zero-order chi connectivity index (χ0) is 17.9. The highest BCUT2D eigenvalue weighted by molar-refractivity contribution is 5.75. The molecule has 6 heteroatoms. The molecule has 0 atom stereocenters. The van der Waals surface area contributed by atoms with Gasteiger partial charge in [-0.2, -0.15) is 0 Å². The second-order valence-corrected chi connectivity index (χ2v) is 5.26. The molecule has 2 rings (SSSR count). The van der Waals surface area contributed by atoms with Crippen LogP contribution in [0, 0.1) is 5.82 Å². The average molecular weight is 347 g/mol. The normalized spacial score (nSPS) is 10.2. The quantitative estimate of drug-likeness (QED) is 0.671. The number of hydrogen-bond donors (Lipinski definition) is 1. The van der Waals surface area contributed by atoms with E-state index in [1.165, 1.54) is 6.07 Å². The zero-order valence-corrected chi connectivity index (χ0v) is 14.2. The smallest absolute Gasteiger partial charge is 0.220 e. The van der Waals surface area contributed by atoms with Gasteiger partial charge in [0.15, 0.2) is 11.6 Å². The molecule has 0 aliphatic heterocycles. The lowest BCUT2D eigenvalue weighted by Gasteiger charge is -2.09. The van der Waals surface area contributed by atoms with E-state index in [0.29, 0.717) is 26.0 Å². The van der Waals surface area contributed by atoms with Crippen LogP contribution in [0.2, 0.25) is 0 Å². The summed E-state index contributed by atoms with van der Waals surface area (Å²) in [6, 6.07) is 13.4. The van der Waals surface area contributed by atoms with E-state index in [0.717, 1.165) is 11.5 Å². The van der Waals surface area contributed by atoms with Gasteiger partial charge in [-0.25, -0.2) is 4.39 Å². The number of rotatable bonds is 10. The number of carbonyl (C=O) groups is 1. The van der Waals surface area contributed by atoms with E-state index < -0.39 is 5.82 Å². The first-order valence-electron chi connectivity index (χ1n) is 8.10. The van der Waals surface area contributed by atoms with Crippen molar-refractivity contribution in [3.63, 3.8) is 0 Å². The number of halogens is 1. The van der Waals surface area contributed by atoms with Crippen LogP contribution in [-0.4, -0.2) is 32.8 Å². The van der Waals surface area contributed by atoms with Gasteiger partial charge in [-0.1, -0.05) is 12.1 Å². The summed E-state index contributed by atoms with van der Waals surface area (Å²) < 4.78 is 29.2. The molecule has 0 fully saturated rings. The number of amides is 1. The van der Waals surface area contributed by atoms with Crippen molar-refractivity contribution < 1.29 is 23.4 Å². The van der Waals surface area contributed by atoms with Crippen LogP contribution in [0.1, 0.15) is 12.8 Å². The minimum atomic E-state index is -0.412. The molecular weight excluding hydrogens is 325 g/mol. The van der Waals surface area contributed by atoms with E-state index in [-0.39, 0.29) is 18.3 Å². The van der Waals surface area contributed by atoms with Gasteiger partial charge in [0.1, 0.15) is 18.1 Å². The van der Waals surface area contributed by atoms with E-state index in [1.807, 2.05) is 24.3 Å². The first-order valence-corrected chi connectivity index (χ1v) is 8.10. The van der Waals surface area contributed by atoms with Gasteiger partial charge in [0, 0.05) is 6.42 Å². The van der Waals surface area contributed by atoms with Gasteiger partial charge in [-0.3, -0.25) is 4.79 Å². The van der Waals surface area contributed by atoms with Gasteiger partial charge in [0.25, 0.3) is 0 Å². The van der Waals surface area contributed by atoms with Crippen molar-refractivity contribution in [1.82, 2.24) is 5.32 Å². The lowest BCUT2D eigenvalue weighted by Crippen LogP contribution is -2.28. The van der Waals surface area contributed by atoms with E-state index in [2.05, 4.69) is 5.32 Å². The fourth-order valence-electron chi connectivity index (χ4n) is 2.10. The Hall–Kier alpha value is -2.76. The molecule has 134 valence electrons. The third-order valence-corrected chi connectivity index (χ3v) is 3.39. The van der Waals surface area contributed by atoms with Crippen LogP contribution in [-0.2, 0) is 4.79 Å². The summed E-state index contributed by atoms with van der Waals surface area (Å²) in [6.07, 6.45) is 0.960. The Morgan fingerprint density at radius 3 is 2.44 bits per heavy atom. The van der Waals surface area contributed by atoms with E-state index in [4.69, 9.17) is 14.2 Å². The summed E-state index contributed by atoms with van der Waals surface area (Å²) in [7, 11) is 1.61. The van der Waals surface area contributed by atoms with Crippen molar-refractivity contribution in [2.75, 3.05) is 26.9 Å². The third-order valence-electron chi connectivity index (χ3n) is 3.39. The van der Waals surface area contributed by atoms with Crippen molar-refractivity contribution in [2.24, 2.45) is 0 Å². The molecule has 25 heavy (non-hydrogen) atoms. The molecule has 0 unspecified atom stereocenters. The Bertz CT molecular complexity index is 661. The Morgan fingerprint density at radius 2 is 1.72 bits per heavy atom. The van der Waals surface area contributed by atoms with Crippen LogP contribution in [0.3, 0.4) is 0 Å². The van der Waals surface area contributed by atoms with Gasteiger partial charge in [0.05, 0.1) is 20.3 Å². The first kappa shape index (κ1) is 18.6. The van der Waals surface area contributed by atoms with Crippen LogP contribution >= 0.6 is 0 Å². The van der Waals surface area contributed by atoms with Crippen LogP contribution in [0.5, 0.6) is 17.2 Å². The molecule has 1 amide bonds. The number of benzene rings is 2. The molecule has 0 saturated carbocycles. The molecule has 0 aliphatic rings. The lowest BCUT2D eigenvalue weighted by atomic mass is 10.3. The van der Waals surface area contributed by atoms with E-state index in [1.54, 1.807) is 25.3 Å². The third kappa shape index (κ3) is 6.71. The Kier molecular flexibility index (Phi) is 7.56. The van der Waals surface area contributed by atoms with Crippen molar-refractivity contribution in [3.8, 4) is 17.2 Å². The number of para-hydroxylation sites is 1. The summed E-state index contributed by atoms with van der Waals surface area (Å²) in [5.41, 5.74) is 0. The predicted octanol–water partition coefficient (Wildman–Crippen LogP) is 3.19. The summed E-state index contributed by atoms with van der Waals surface area (Å²) in [5, 5.41) is 2.73. The molecular formula is C19H22FNO4. The lowest BCUT2D eigenvalue weighted by molar-refractivity contribution is -0.121. The SMILES string of the molecule is COc1ccc(OCCCC(=O)NCCOc2ccccc2F)cc1. The van der Waals surface area contributed by atoms with Crippen molar-refractivity contribution in [3.05, 3.63) is 54.3 Å². The van der Waals surface area contributed by atoms with E-state index >= 15 is 0 Å². The molecule has 0 radical (unpaired) electrons. The average Bonchev–Trinajstić information content (AvgIpc) is 2.64. The highest BCUT2D eigenvalue weighted by Gasteiger charge is 2.03. The summed E-state index contributed by atoms with van der Waals surface area (Å²) in [5.74, 6) is 1.19. The second-order valence-electron chi connectivity index (χ2n) is 5.26. The van der Waals surface area contributed by atoms with Gasteiger partial charge >= 0.3 is 0 Å². The van der Waals surface area contributed by atoms with Crippen LogP contribution in [0.15, 0.2) is 48.5 Å². The molecule has 0 heterocycles. The fourth-order valence-corrected chi connectivity index (χ4v) is 2.10. The Labute approximate surface area is 146 Å².